The van der Waals surface area contributed by atoms with Gasteiger partial charge in [0, 0.05) is 0 Å². The van der Waals surface area contributed by atoms with E-state index in [9.17, 15) is 0 Å². The maximum absolute atomic E-state index is 6.27. The van der Waals surface area contributed by atoms with Crippen molar-refractivity contribution in [2.24, 2.45) is 0 Å². The summed E-state index contributed by atoms with van der Waals surface area (Å²) in [5.74, 6) is 1.91. The average Bonchev–Trinajstić information content (AvgIpc) is 2.65. The summed E-state index contributed by atoms with van der Waals surface area (Å²) in [6, 6.07) is 25.6. The summed E-state index contributed by atoms with van der Waals surface area (Å²) in [5.41, 5.74) is 4.80. The zero-order valence-corrected chi connectivity index (χ0v) is 14.1. The first kappa shape index (κ1) is 14.8. The number of anilines is 2. The summed E-state index contributed by atoms with van der Waals surface area (Å²) in [4.78, 5) is 2.39. The topological polar surface area (TPSA) is 12.5 Å². The molecular weight excluding hydrogens is 294 g/mol. The van der Waals surface area contributed by atoms with Crippen molar-refractivity contribution in [3.05, 3.63) is 83.9 Å². The Balaban J connectivity index is 1.90. The lowest BCUT2D eigenvalue weighted by molar-refractivity contribution is 0.463. The Labute approximate surface area is 143 Å². The molecule has 0 N–H and O–H groups in total. The van der Waals surface area contributed by atoms with E-state index in [0.29, 0.717) is 0 Å². The van der Waals surface area contributed by atoms with E-state index >= 15 is 0 Å². The molecule has 0 bridgehead atoms. The predicted octanol–water partition coefficient (Wildman–Crippen LogP) is 6.25. The van der Waals surface area contributed by atoms with E-state index in [2.05, 4.69) is 85.5 Å². The molecule has 4 rings (SSSR count). The van der Waals surface area contributed by atoms with Crippen molar-refractivity contribution >= 4 is 11.4 Å². The second-order valence-electron chi connectivity index (χ2n) is 6.15. The molecule has 24 heavy (non-hydrogen) atoms. The minimum absolute atomic E-state index is 0.224. The highest BCUT2D eigenvalue weighted by Crippen LogP contribution is 2.51. The van der Waals surface area contributed by atoms with Crippen LogP contribution in [-0.4, -0.2) is 0 Å². The lowest BCUT2D eigenvalue weighted by atomic mass is 10.0. The van der Waals surface area contributed by atoms with Crippen LogP contribution in [0.25, 0.3) is 0 Å². The third-order valence-electron chi connectivity index (χ3n) is 4.72. The Morgan fingerprint density at radius 1 is 0.833 bits per heavy atom. The maximum Gasteiger partial charge on any atom is 0.154 e. The Morgan fingerprint density at radius 3 is 2.33 bits per heavy atom. The van der Waals surface area contributed by atoms with Crippen LogP contribution in [0.15, 0.2) is 72.8 Å². The molecule has 2 heteroatoms. The summed E-state index contributed by atoms with van der Waals surface area (Å²) in [5, 5.41) is 0. The summed E-state index contributed by atoms with van der Waals surface area (Å²) in [6.07, 6.45) is 0.957. The molecule has 1 unspecified atom stereocenters. The number of para-hydroxylation sites is 3. The average molecular weight is 315 g/mol. The normalized spacial score (nSPS) is 13.7. The Hall–Kier alpha value is -2.74. The van der Waals surface area contributed by atoms with E-state index < -0.39 is 0 Å². The molecule has 0 amide bonds. The summed E-state index contributed by atoms with van der Waals surface area (Å²) < 4.78 is 6.27. The van der Waals surface area contributed by atoms with Gasteiger partial charge in [-0.1, -0.05) is 61.5 Å². The van der Waals surface area contributed by atoms with Crippen LogP contribution in [-0.2, 0) is 6.42 Å². The van der Waals surface area contributed by atoms with Gasteiger partial charge in [-0.15, -0.1) is 0 Å². The minimum Gasteiger partial charge on any atom is -0.453 e. The monoisotopic (exact) mass is 315 g/mol. The number of aryl methyl sites for hydroxylation is 1. The SMILES string of the molecule is CCc1cccc2c1Oc1ccccc1N2C(C)c1ccccc1. The number of hydrogen-bond donors (Lipinski definition) is 0. The molecule has 0 aromatic heterocycles. The number of nitrogens with zero attached hydrogens (tertiary/aromatic N) is 1. The first-order valence-corrected chi connectivity index (χ1v) is 8.52. The van der Waals surface area contributed by atoms with Crippen LogP contribution < -0.4 is 9.64 Å². The number of hydrogen-bond acceptors (Lipinski definition) is 2. The second kappa shape index (κ2) is 6.04. The van der Waals surface area contributed by atoms with E-state index in [1.807, 2.05) is 6.07 Å². The molecule has 0 saturated heterocycles. The van der Waals surface area contributed by atoms with E-state index in [1.165, 1.54) is 11.1 Å². The van der Waals surface area contributed by atoms with Crippen LogP contribution in [0.5, 0.6) is 11.5 Å². The van der Waals surface area contributed by atoms with Gasteiger partial charge in [0.15, 0.2) is 11.5 Å². The van der Waals surface area contributed by atoms with Crippen LogP contribution >= 0.6 is 0 Å². The lowest BCUT2D eigenvalue weighted by Crippen LogP contribution is -2.25. The van der Waals surface area contributed by atoms with Crippen LogP contribution in [0.2, 0.25) is 0 Å². The van der Waals surface area contributed by atoms with Gasteiger partial charge in [-0.05, 0) is 42.7 Å². The predicted molar refractivity (Wildman–Crippen MR) is 99.3 cm³/mol. The molecule has 0 spiro atoms. The van der Waals surface area contributed by atoms with Gasteiger partial charge in [-0.25, -0.2) is 0 Å². The zero-order valence-electron chi connectivity index (χ0n) is 14.1. The minimum atomic E-state index is 0.224. The number of rotatable bonds is 3. The zero-order chi connectivity index (χ0) is 16.5. The first-order valence-electron chi connectivity index (χ1n) is 8.52. The summed E-state index contributed by atoms with van der Waals surface area (Å²) in [6.45, 7) is 4.42. The van der Waals surface area contributed by atoms with E-state index in [0.717, 1.165) is 29.3 Å². The summed E-state index contributed by atoms with van der Waals surface area (Å²) in [7, 11) is 0. The number of ether oxygens (including phenoxy) is 1. The standard InChI is InChI=1S/C22H21NO/c1-3-17-12-9-14-20-22(17)24-21-15-8-7-13-19(21)23(20)16(2)18-10-5-4-6-11-18/h4-16H,3H2,1-2H3. The molecule has 1 aliphatic heterocycles. The van der Waals surface area contributed by atoms with Gasteiger partial charge in [-0.2, -0.15) is 0 Å². The maximum atomic E-state index is 6.27. The Bertz CT molecular complexity index is 857. The smallest absolute Gasteiger partial charge is 0.154 e. The fourth-order valence-electron chi connectivity index (χ4n) is 3.44. The molecule has 120 valence electrons. The Kier molecular flexibility index (Phi) is 3.73. The molecule has 1 aliphatic rings. The van der Waals surface area contributed by atoms with Gasteiger partial charge in [0.1, 0.15) is 0 Å². The fourth-order valence-corrected chi connectivity index (χ4v) is 3.44. The molecular formula is C22H21NO. The van der Waals surface area contributed by atoms with E-state index in [-0.39, 0.29) is 6.04 Å². The fraction of sp³-hybridized carbons (Fsp3) is 0.182. The van der Waals surface area contributed by atoms with Gasteiger partial charge in [0.05, 0.1) is 17.4 Å². The van der Waals surface area contributed by atoms with E-state index in [1.54, 1.807) is 0 Å². The van der Waals surface area contributed by atoms with Gasteiger partial charge in [0.25, 0.3) is 0 Å². The molecule has 1 heterocycles. The van der Waals surface area contributed by atoms with Crippen molar-refractivity contribution in [1.82, 2.24) is 0 Å². The largest absolute Gasteiger partial charge is 0.453 e. The van der Waals surface area contributed by atoms with Gasteiger partial charge >= 0.3 is 0 Å². The number of fused-ring (bicyclic) bond motifs is 2. The van der Waals surface area contributed by atoms with Crippen LogP contribution in [0, 0.1) is 0 Å². The van der Waals surface area contributed by atoms with Gasteiger partial charge < -0.3 is 9.64 Å². The molecule has 0 saturated carbocycles. The van der Waals surface area contributed by atoms with Crippen LogP contribution in [0.1, 0.15) is 31.0 Å². The van der Waals surface area contributed by atoms with E-state index in [4.69, 9.17) is 4.74 Å². The molecule has 0 fully saturated rings. The van der Waals surface area contributed by atoms with Gasteiger partial charge in [-0.3, -0.25) is 0 Å². The molecule has 0 radical (unpaired) electrons. The van der Waals surface area contributed by atoms with Crippen molar-refractivity contribution in [3.8, 4) is 11.5 Å². The first-order chi connectivity index (χ1) is 11.8. The van der Waals surface area contributed by atoms with Crippen LogP contribution in [0.4, 0.5) is 11.4 Å². The highest BCUT2D eigenvalue weighted by molar-refractivity contribution is 5.80. The van der Waals surface area contributed by atoms with Gasteiger partial charge in [0.2, 0.25) is 0 Å². The third-order valence-corrected chi connectivity index (χ3v) is 4.72. The van der Waals surface area contributed by atoms with Crippen molar-refractivity contribution in [1.29, 1.82) is 0 Å². The highest BCUT2D eigenvalue weighted by atomic mass is 16.5. The molecule has 0 aliphatic carbocycles. The van der Waals surface area contributed by atoms with Crippen molar-refractivity contribution in [2.45, 2.75) is 26.3 Å². The quantitative estimate of drug-likeness (QED) is 0.566. The molecule has 3 aromatic carbocycles. The highest BCUT2D eigenvalue weighted by Gasteiger charge is 2.29. The van der Waals surface area contributed by atoms with Crippen molar-refractivity contribution < 1.29 is 4.74 Å². The molecule has 2 nitrogen and oxygen atoms in total. The Morgan fingerprint density at radius 2 is 1.54 bits per heavy atom. The number of benzene rings is 3. The summed E-state index contributed by atoms with van der Waals surface area (Å²) >= 11 is 0. The van der Waals surface area contributed by atoms with Crippen LogP contribution in [0.3, 0.4) is 0 Å². The third kappa shape index (κ3) is 2.35. The lowest BCUT2D eigenvalue weighted by Gasteiger charge is -2.38. The van der Waals surface area contributed by atoms with Crippen molar-refractivity contribution in [3.63, 3.8) is 0 Å². The van der Waals surface area contributed by atoms with Crippen molar-refractivity contribution in [2.75, 3.05) is 4.90 Å². The molecule has 3 aromatic rings. The second-order valence-corrected chi connectivity index (χ2v) is 6.15. The molecule has 1 atom stereocenters.